The lowest BCUT2D eigenvalue weighted by Crippen LogP contribution is -1.97. The number of furan rings is 2. The molecule has 0 unspecified atom stereocenters. The van der Waals surface area contributed by atoms with Gasteiger partial charge < -0.3 is 18.6 Å². The maximum Gasteiger partial charge on any atom is 0.169 e. The van der Waals surface area contributed by atoms with E-state index in [0.29, 0.717) is 13.4 Å². The Bertz CT molecular complexity index is 614. The van der Waals surface area contributed by atoms with Gasteiger partial charge in [0.1, 0.15) is 19.0 Å². The van der Waals surface area contributed by atoms with Gasteiger partial charge in [0.25, 0.3) is 0 Å². The molecular weight excluding hydrogens is 280 g/mol. The summed E-state index contributed by atoms with van der Waals surface area (Å²) in [6, 6.07) is 15.9. The Labute approximate surface area is 130 Å². The zero-order chi connectivity index (χ0) is 15.6. The Morgan fingerprint density at radius 1 is 0.909 bits per heavy atom. The highest BCUT2D eigenvalue weighted by atomic mass is 16.7. The standard InChI is InChI=1S/C13H10O2.C5H12O2/c1-2-4-10(5-3-1)9-14-13-8-11-6-7-12(13)15-11;1-3-6-5-7-4-2/h1-8H,9H2;3-5H2,1-2H3. The molecule has 4 nitrogen and oxygen atoms in total. The van der Waals surface area contributed by atoms with Crippen LogP contribution in [0.2, 0.25) is 0 Å². The van der Waals surface area contributed by atoms with Gasteiger partial charge in [-0.25, -0.2) is 0 Å². The van der Waals surface area contributed by atoms with Crippen LogP contribution in [0.3, 0.4) is 0 Å². The molecule has 0 N–H and O–H groups in total. The largest absolute Gasteiger partial charge is 0.485 e. The monoisotopic (exact) mass is 302 g/mol. The topological polar surface area (TPSA) is 40.8 Å². The summed E-state index contributed by atoms with van der Waals surface area (Å²) in [5.74, 6) is 0.830. The van der Waals surface area contributed by atoms with E-state index in [1.165, 1.54) is 0 Å². The summed E-state index contributed by atoms with van der Waals surface area (Å²) in [7, 11) is 0. The molecule has 0 saturated carbocycles. The predicted molar refractivity (Wildman–Crippen MR) is 86.3 cm³/mol. The maximum absolute atomic E-state index is 5.65. The minimum absolute atomic E-state index is 0.438. The fourth-order valence-electron chi connectivity index (χ4n) is 1.84. The van der Waals surface area contributed by atoms with Crippen LogP contribution in [0, 0.1) is 0 Å². The lowest BCUT2D eigenvalue weighted by Gasteiger charge is -2.03. The van der Waals surface area contributed by atoms with E-state index in [-0.39, 0.29) is 0 Å². The molecule has 2 aromatic heterocycles. The third-order valence-electron chi connectivity index (χ3n) is 2.96. The first-order valence-corrected chi connectivity index (χ1v) is 7.47. The zero-order valence-electron chi connectivity index (χ0n) is 13.1. The lowest BCUT2D eigenvalue weighted by molar-refractivity contribution is -0.0445. The molecule has 0 amide bonds. The normalized spacial score (nSPS) is 10.5. The molecule has 0 spiro atoms. The first kappa shape index (κ1) is 16.3. The molecule has 0 saturated heterocycles. The van der Waals surface area contributed by atoms with Crippen LogP contribution in [0.1, 0.15) is 19.4 Å². The van der Waals surface area contributed by atoms with Crippen LogP contribution in [0.4, 0.5) is 0 Å². The summed E-state index contributed by atoms with van der Waals surface area (Å²) < 4.78 is 20.7. The van der Waals surface area contributed by atoms with Crippen molar-refractivity contribution in [3.8, 4) is 5.75 Å². The van der Waals surface area contributed by atoms with Crippen molar-refractivity contribution in [1.29, 1.82) is 0 Å². The number of hydrogen-bond donors (Lipinski definition) is 0. The van der Waals surface area contributed by atoms with Crippen LogP contribution in [-0.2, 0) is 16.1 Å². The maximum atomic E-state index is 5.65. The van der Waals surface area contributed by atoms with Crippen molar-refractivity contribution in [2.75, 3.05) is 20.0 Å². The molecule has 0 aliphatic carbocycles. The van der Waals surface area contributed by atoms with Crippen molar-refractivity contribution in [2.24, 2.45) is 0 Å². The van der Waals surface area contributed by atoms with Gasteiger partial charge in [-0.3, -0.25) is 0 Å². The summed E-state index contributed by atoms with van der Waals surface area (Å²) in [4.78, 5) is 0. The van der Waals surface area contributed by atoms with E-state index in [1.807, 2.05) is 62.4 Å². The molecule has 0 fully saturated rings. The second-order valence-corrected chi connectivity index (χ2v) is 4.59. The van der Waals surface area contributed by atoms with Gasteiger partial charge >= 0.3 is 0 Å². The van der Waals surface area contributed by atoms with Gasteiger partial charge in [0.15, 0.2) is 11.3 Å². The average molecular weight is 302 g/mol. The van der Waals surface area contributed by atoms with Crippen LogP contribution in [0.25, 0.3) is 11.2 Å². The molecule has 22 heavy (non-hydrogen) atoms. The average Bonchev–Trinajstić information content (AvgIpc) is 3.18. The summed E-state index contributed by atoms with van der Waals surface area (Å²) >= 11 is 0. The number of benzene rings is 2. The van der Waals surface area contributed by atoms with E-state index in [4.69, 9.17) is 18.6 Å². The number of ether oxygens (including phenoxy) is 3. The molecule has 3 rings (SSSR count). The van der Waals surface area contributed by atoms with Gasteiger partial charge in [0, 0.05) is 19.3 Å². The van der Waals surface area contributed by atoms with E-state index in [0.717, 1.165) is 35.7 Å². The molecule has 2 bridgehead atoms. The van der Waals surface area contributed by atoms with E-state index in [1.54, 1.807) is 0 Å². The van der Waals surface area contributed by atoms with E-state index < -0.39 is 0 Å². The highest BCUT2D eigenvalue weighted by molar-refractivity contribution is 5.69. The summed E-state index contributed by atoms with van der Waals surface area (Å²) in [5.41, 5.74) is 2.85. The number of rotatable bonds is 7. The highest BCUT2D eigenvalue weighted by Crippen LogP contribution is 2.29. The van der Waals surface area contributed by atoms with Gasteiger partial charge in [-0.15, -0.1) is 0 Å². The van der Waals surface area contributed by atoms with Crippen LogP contribution in [0.15, 0.2) is 52.9 Å². The van der Waals surface area contributed by atoms with Crippen molar-refractivity contribution in [2.45, 2.75) is 20.5 Å². The fraction of sp³-hybridized carbons (Fsp3) is 0.333. The molecule has 0 aliphatic heterocycles. The van der Waals surface area contributed by atoms with Crippen molar-refractivity contribution in [1.82, 2.24) is 0 Å². The molecule has 118 valence electrons. The van der Waals surface area contributed by atoms with Crippen LogP contribution >= 0.6 is 0 Å². The molecule has 4 heteroatoms. The first-order valence-electron chi connectivity index (χ1n) is 7.47. The Morgan fingerprint density at radius 2 is 1.64 bits per heavy atom. The molecule has 0 atom stereocenters. The van der Waals surface area contributed by atoms with Crippen molar-refractivity contribution in [3.05, 3.63) is 54.1 Å². The molecule has 2 heterocycles. The molecule has 3 aromatic rings. The second-order valence-electron chi connectivity index (χ2n) is 4.59. The Kier molecular flexibility index (Phi) is 6.74. The van der Waals surface area contributed by atoms with Gasteiger partial charge in [0.05, 0.1) is 0 Å². The smallest absolute Gasteiger partial charge is 0.169 e. The molecule has 0 radical (unpaired) electrons. The molecular formula is C18H22O4. The van der Waals surface area contributed by atoms with Crippen molar-refractivity contribution < 1.29 is 18.6 Å². The number of fused-ring (bicyclic) bond motifs is 2. The minimum atomic E-state index is 0.438. The molecule has 1 aromatic carbocycles. The van der Waals surface area contributed by atoms with Crippen LogP contribution in [0.5, 0.6) is 5.75 Å². The van der Waals surface area contributed by atoms with Crippen molar-refractivity contribution >= 4 is 11.2 Å². The lowest BCUT2D eigenvalue weighted by atomic mass is 10.2. The van der Waals surface area contributed by atoms with Gasteiger partial charge in [-0.2, -0.15) is 0 Å². The summed E-state index contributed by atoms with van der Waals surface area (Å²) in [5, 5.41) is 0. The quantitative estimate of drug-likeness (QED) is 0.477. The van der Waals surface area contributed by atoms with E-state index >= 15 is 0 Å². The summed E-state index contributed by atoms with van der Waals surface area (Å²) in [6.45, 7) is 6.38. The number of hydrogen-bond acceptors (Lipinski definition) is 4. The zero-order valence-corrected chi connectivity index (χ0v) is 13.1. The fourth-order valence-corrected chi connectivity index (χ4v) is 1.84. The minimum Gasteiger partial charge on any atom is -0.485 e. The Hall–Kier alpha value is -2.04. The van der Waals surface area contributed by atoms with Crippen LogP contribution < -0.4 is 4.74 Å². The van der Waals surface area contributed by atoms with E-state index in [2.05, 4.69) is 0 Å². The third-order valence-corrected chi connectivity index (χ3v) is 2.96. The van der Waals surface area contributed by atoms with Gasteiger partial charge in [-0.1, -0.05) is 30.3 Å². The van der Waals surface area contributed by atoms with Crippen LogP contribution in [-0.4, -0.2) is 20.0 Å². The van der Waals surface area contributed by atoms with Gasteiger partial charge in [-0.05, 0) is 31.5 Å². The first-order chi connectivity index (χ1) is 10.8. The Morgan fingerprint density at radius 3 is 2.18 bits per heavy atom. The van der Waals surface area contributed by atoms with Gasteiger partial charge in [0.2, 0.25) is 0 Å². The van der Waals surface area contributed by atoms with E-state index in [9.17, 15) is 0 Å². The van der Waals surface area contributed by atoms with Crippen molar-refractivity contribution in [3.63, 3.8) is 0 Å². The third kappa shape index (κ3) is 5.06. The highest BCUT2D eigenvalue weighted by Gasteiger charge is 2.07. The second kappa shape index (κ2) is 9.07. The predicted octanol–water partition coefficient (Wildman–Crippen LogP) is 4.47. The SMILES string of the molecule is CCOCOCC.c1ccc(COc2cc3ccc2o3)cc1. The Balaban J connectivity index is 0.000000217. The molecule has 0 aliphatic rings. The summed E-state index contributed by atoms with van der Waals surface area (Å²) in [6.07, 6.45) is 0.